The Morgan fingerprint density at radius 1 is 0.950 bits per heavy atom. The van der Waals surface area contributed by atoms with Crippen molar-refractivity contribution in [3.63, 3.8) is 0 Å². The van der Waals surface area contributed by atoms with E-state index in [0.29, 0.717) is 0 Å². The first-order chi connectivity index (χ1) is 9.75. The van der Waals surface area contributed by atoms with Crippen LogP contribution in [-0.2, 0) is 7.05 Å². The molecule has 1 aromatic carbocycles. The second-order valence-corrected chi connectivity index (χ2v) is 4.85. The molecule has 0 atom stereocenters. The number of nitrogens with zero attached hydrogens (tertiary/aromatic N) is 3. The lowest BCUT2D eigenvalue weighted by molar-refractivity contribution is -0.663. The smallest absolute Gasteiger partial charge is 0.264 e. The van der Waals surface area contributed by atoms with Gasteiger partial charge in [-0.25, -0.2) is 4.57 Å². The molecule has 3 heteroatoms. The van der Waals surface area contributed by atoms with Gasteiger partial charge < -0.3 is 0 Å². The predicted octanol–water partition coefficient (Wildman–Crippen LogP) is 2.94. The standard InChI is InChI=1S/C17H16N3/c1-13-5-6-14(15-4-3-8-18-11-15)10-16(13)17-7-9-19-12-20(17)2/h3-12H,1-2H3/q+1. The zero-order valence-electron chi connectivity index (χ0n) is 11.6. The van der Waals surface area contributed by atoms with Crippen LogP contribution in [0.1, 0.15) is 5.56 Å². The van der Waals surface area contributed by atoms with Gasteiger partial charge in [0.1, 0.15) is 11.9 Å². The second kappa shape index (κ2) is 5.21. The van der Waals surface area contributed by atoms with Crippen molar-refractivity contribution in [1.82, 2.24) is 9.97 Å². The van der Waals surface area contributed by atoms with Gasteiger partial charge in [0.15, 0.2) is 0 Å². The zero-order valence-corrected chi connectivity index (χ0v) is 11.6. The Balaban J connectivity index is 2.15. The van der Waals surface area contributed by atoms with Crippen LogP contribution in [0.4, 0.5) is 0 Å². The molecule has 98 valence electrons. The van der Waals surface area contributed by atoms with Crippen LogP contribution in [0.3, 0.4) is 0 Å². The van der Waals surface area contributed by atoms with Gasteiger partial charge >= 0.3 is 0 Å². The minimum Gasteiger partial charge on any atom is -0.264 e. The molecule has 2 heterocycles. The van der Waals surface area contributed by atoms with Gasteiger partial charge in [0, 0.05) is 29.6 Å². The molecule has 0 aliphatic carbocycles. The summed E-state index contributed by atoms with van der Waals surface area (Å²) in [5, 5.41) is 0. The molecule has 0 saturated carbocycles. The molecule has 0 unspecified atom stereocenters. The molecular weight excluding hydrogens is 246 g/mol. The predicted molar refractivity (Wildman–Crippen MR) is 78.8 cm³/mol. The van der Waals surface area contributed by atoms with E-state index >= 15 is 0 Å². The number of benzene rings is 1. The summed E-state index contributed by atoms with van der Waals surface area (Å²) in [4.78, 5) is 8.32. The Morgan fingerprint density at radius 3 is 2.60 bits per heavy atom. The van der Waals surface area contributed by atoms with Gasteiger partial charge in [0.25, 0.3) is 6.33 Å². The van der Waals surface area contributed by atoms with Crippen molar-refractivity contribution in [3.8, 4) is 22.4 Å². The molecular formula is C17H16N3+. The Bertz CT molecular complexity index is 736. The van der Waals surface area contributed by atoms with E-state index in [0.717, 1.165) is 11.3 Å². The Hall–Kier alpha value is -2.55. The first-order valence-electron chi connectivity index (χ1n) is 6.57. The summed E-state index contributed by atoms with van der Waals surface area (Å²) in [7, 11) is 2.01. The van der Waals surface area contributed by atoms with Crippen LogP contribution in [0, 0.1) is 6.92 Å². The van der Waals surface area contributed by atoms with Gasteiger partial charge in [0.05, 0.1) is 7.05 Å². The highest BCUT2D eigenvalue weighted by molar-refractivity contribution is 5.72. The monoisotopic (exact) mass is 262 g/mol. The fourth-order valence-corrected chi connectivity index (χ4v) is 2.32. The molecule has 0 fully saturated rings. The highest BCUT2D eigenvalue weighted by Gasteiger charge is 2.10. The van der Waals surface area contributed by atoms with Gasteiger partial charge in [-0.1, -0.05) is 23.2 Å². The molecule has 3 rings (SSSR count). The van der Waals surface area contributed by atoms with Crippen molar-refractivity contribution in [2.45, 2.75) is 6.92 Å². The average molecular weight is 262 g/mol. The Kier molecular flexibility index (Phi) is 3.25. The lowest BCUT2D eigenvalue weighted by Crippen LogP contribution is -2.31. The molecule has 0 bridgehead atoms. The van der Waals surface area contributed by atoms with E-state index < -0.39 is 0 Å². The van der Waals surface area contributed by atoms with Crippen molar-refractivity contribution in [1.29, 1.82) is 0 Å². The number of rotatable bonds is 2. The van der Waals surface area contributed by atoms with Crippen LogP contribution in [-0.4, -0.2) is 9.97 Å². The quantitative estimate of drug-likeness (QED) is 0.665. The van der Waals surface area contributed by atoms with Crippen molar-refractivity contribution >= 4 is 0 Å². The fourth-order valence-electron chi connectivity index (χ4n) is 2.32. The summed E-state index contributed by atoms with van der Waals surface area (Å²) in [5.41, 5.74) is 5.93. The topological polar surface area (TPSA) is 29.7 Å². The van der Waals surface area contributed by atoms with Gasteiger partial charge in [0.2, 0.25) is 0 Å². The molecule has 3 aromatic rings. The van der Waals surface area contributed by atoms with Crippen molar-refractivity contribution in [2.75, 3.05) is 0 Å². The van der Waals surface area contributed by atoms with Crippen LogP contribution in [0.25, 0.3) is 22.4 Å². The van der Waals surface area contributed by atoms with Crippen LogP contribution in [0.5, 0.6) is 0 Å². The number of aromatic nitrogens is 3. The molecule has 0 aliphatic heterocycles. The van der Waals surface area contributed by atoms with Gasteiger partial charge in [-0.2, -0.15) is 0 Å². The largest absolute Gasteiger partial charge is 0.286 e. The van der Waals surface area contributed by atoms with E-state index in [-0.39, 0.29) is 0 Å². The maximum Gasteiger partial charge on any atom is 0.286 e. The third-order valence-corrected chi connectivity index (χ3v) is 3.45. The summed E-state index contributed by atoms with van der Waals surface area (Å²) < 4.78 is 2.04. The third-order valence-electron chi connectivity index (χ3n) is 3.45. The fraction of sp³-hybridized carbons (Fsp3) is 0.118. The summed E-state index contributed by atoms with van der Waals surface area (Å²) in [6, 6.07) is 12.6. The van der Waals surface area contributed by atoms with Gasteiger partial charge in [-0.3, -0.25) is 4.98 Å². The number of hydrogen-bond acceptors (Lipinski definition) is 2. The van der Waals surface area contributed by atoms with E-state index in [1.807, 2.05) is 42.5 Å². The zero-order chi connectivity index (χ0) is 13.9. The maximum absolute atomic E-state index is 4.19. The SMILES string of the molecule is Cc1ccc(-c2cccnc2)cc1-c1ccnc[n+]1C. The summed E-state index contributed by atoms with van der Waals surface area (Å²) in [6.45, 7) is 2.13. The van der Waals surface area contributed by atoms with E-state index in [1.54, 1.807) is 6.20 Å². The number of pyridine rings is 1. The lowest BCUT2D eigenvalue weighted by atomic mass is 9.98. The molecule has 2 aromatic heterocycles. The number of hydrogen-bond donors (Lipinski definition) is 0. The molecule has 0 amide bonds. The summed E-state index contributed by atoms with van der Waals surface area (Å²) in [6.07, 6.45) is 7.33. The molecule has 0 N–H and O–H groups in total. The minimum absolute atomic E-state index is 1.13. The normalized spacial score (nSPS) is 10.5. The highest BCUT2D eigenvalue weighted by Crippen LogP contribution is 2.26. The first-order valence-corrected chi connectivity index (χ1v) is 6.57. The first kappa shape index (κ1) is 12.5. The molecule has 3 nitrogen and oxygen atoms in total. The summed E-state index contributed by atoms with van der Waals surface area (Å²) in [5.74, 6) is 0. The van der Waals surface area contributed by atoms with Crippen LogP contribution in [0.2, 0.25) is 0 Å². The van der Waals surface area contributed by atoms with E-state index in [2.05, 4.69) is 41.2 Å². The Labute approximate surface area is 118 Å². The van der Waals surface area contributed by atoms with E-state index in [9.17, 15) is 0 Å². The third kappa shape index (κ3) is 2.30. The summed E-state index contributed by atoms with van der Waals surface area (Å²) >= 11 is 0. The van der Waals surface area contributed by atoms with Crippen molar-refractivity contribution < 1.29 is 4.57 Å². The molecule has 20 heavy (non-hydrogen) atoms. The van der Waals surface area contributed by atoms with Crippen molar-refractivity contribution in [3.05, 3.63) is 66.9 Å². The van der Waals surface area contributed by atoms with Crippen LogP contribution in [0.15, 0.2) is 61.3 Å². The highest BCUT2D eigenvalue weighted by atomic mass is 15.0. The average Bonchev–Trinajstić information content (AvgIpc) is 2.49. The van der Waals surface area contributed by atoms with E-state index in [4.69, 9.17) is 0 Å². The van der Waals surface area contributed by atoms with E-state index in [1.165, 1.54) is 16.7 Å². The minimum atomic E-state index is 1.13. The second-order valence-electron chi connectivity index (χ2n) is 4.85. The molecule has 0 spiro atoms. The Morgan fingerprint density at radius 2 is 1.85 bits per heavy atom. The molecule has 0 aliphatic rings. The van der Waals surface area contributed by atoms with Crippen LogP contribution >= 0.6 is 0 Å². The lowest BCUT2D eigenvalue weighted by Gasteiger charge is -2.09. The molecule has 0 radical (unpaired) electrons. The van der Waals surface area contributed by atoms with Crippen LogP contribution < -0.4 is 4.57 Å². The molecule has 0 saturated heterocycles. The maximum atomic E-state index is 4.19. The van der Waals surface area contributed by atoms with Gasteiger partial charge in [-0.05, 0) is 30.2 Å². The van der Waals surface area contributed by atoms with Gasteiger partial charge in [-0.15, -0.1) is 0 Å². The number of aryl methyl sites for hydroxylation is 2. The van der Waals surface area contributed by atoms with Crippen molar-refractivity contribution in [2.24, 2.45) is 7.05 Å².